The topological polar surface area (TPSA) is 71.2 Å². The fourth-order valence-electron chi connectivity index (χ4n) is 3.12. The summed E-state index contributed by atoms with van der Waals surface area (Å²) in [5.74, 6) is -0.423. The third-order valence-corrected chi connectivity index (χ3v) is 4.12. The number of carbonyl (C=O) groups excluding carboxylic acids is 1. The number of amides is 1. The van der Waals surface area contributed by atoms with Crippen LogP contribution in [-0.4, -0.2) is 36.6 Å². The van der Waals surface area contributed by atoms with E-state index in [0.29, 0.717) is 11.6 Å². The Balaban J connectivity index is 2.21. The van der Waals surface area contributed by atoms with E-state index in [1.54, 1.807) is 6.20 Å². The zero-order valence-electron chi connectivity index (χ0n) is 12.2. The second-order valence-electron chi connectivity index (χ2n) is 5.33. The minimum atomic E-state index is -0.423. The maximum atomic E-state index is 11.8. The van der Waals surface area contributed by atoms with Crippen LogP contribution in [-0.2, 0) is 0 Å². The molecule has 1 unspecified atom stereocenters. The van der Waals surface area contributed by atoms with Crippen molar-refractivity contribution >= 4 is 22.5 Å². The van der Waals surface area contributed by atoms with E-state index in [-0.39, 0.29) is 0 Å². The highest BCUT2D eigenvalue weighted by Gasteiger charge is 2.26. The maximum Gasteiger partial charge on any atom is 0.252 e. The Labute approximate surface area is 124 Å². The van der Waals surface area contributed by atoms with Gasteiger partial charge in [-0.3, -0.25) is 9.78 Å². The summed E-state index contributed by atoms with van der Waals surface area (Å²) in [6.45, 7) is 4.89. The number of primary amides is 1. The number of rotatable bonds is 4. The van der Waals surface area contributed by atoms with Gasteiger partial charge in [0.1, 0.15) is 0 Å². The Hall–Kier alpha value is -2.14. The van der Waals surface area contributed by atoms with Crippen LogP contribution in [0.25, 0.3) is 10.9 Å². The zero-order valence-corrected chi connectivity index (χ0v) is 12.2. The van der Waals surface area contributed by atoms with Crippen molar-refractivity contribution in [2.24, 2.45) is 5.73 Å². The summed E-state index contributed by atoms with van der Waals surface area (Å²) in [6, 6.07) is 8.29. The summed E-state index contributed by atoms with van der Waals surface area (Å²) in [5.41, 5.74) is 7.89. The molecule has 1 aromatic heterocycles. The molecule has 5 heteroatoms. The van der Waals surface area contributed by atoms with Crippen molar-refractivity contribution in [2.75, 3.05) is 24.5 Å². The van der Waals surface area contributed by atoms with Gasteiger partial charge in [0.15, 0.2) is 0 Å². The van der Waals surface area contributed by atoms with E-state index in [1.165, 1.54) is 0 Å². The molecule has 1 fully saturated rings. The molecule has 1 atom stereocenters. The molecule has 1 aromatic carbocycles. The van der Waals surface area contributed by atoms with Gasteiger partial charge < -0.3 is 16.0 Å². The Kier molecular flexibility index (Phi) is 3.75. The molecule has 3 rings (SSSR count). The highest BCUT2D eigenvalue weighted by atomic mass is 16.1. The molecule has 1 aliphatic heterocycles. The molecule has 1 amide bonds. The van der Waals surface area contributed by atoms with E-state index in [1.807, 2.05) is 24.3 Å². The van der Waals surface area contributed by atoms with E-state index >= 15 is 0 Å². The zero-order chi connectivity index (χ0) is 14.8. The van der Waals surface area contributed by atoms with Gasteiger partial charge in [-0.05, 0) is 26.0 Å². The largest absolute Gasteiger partial charge is 0.366 e. The number of nitrogens with one attached hydrogen (secondary N) is 1. The van der Waals surface area contributed by atoms with Gasteiger partial charge in [-0.2, -0.15) is 0 Å². The lowest BCUT2D eigenvalue weighted by Gasteiger charge is -2.31. The number of likely N-dealkylation sites (N-methyl/N-ethyl adjacent to an activating group) is 1. The number of hydrogen-bond donors (Lipinski definition) is 2. The number of fused-ring (bicyclic) bond motifs is 1. The van der Waals surface area contributed by atoms with E-state index in [0.717, 1.165) is 42.6 Å². The minimum Gasteiger partial charge on any atom is -0.366 e. The summed E-state index contributed by atoms with van der Waals surface area (Å²) < 4.78 is 0. The number of para-hydroxylation sites is 1. The average molecular weight is 284 g/mol. The van der Waals surface area contributed by atoms with Gasteiger partial charge in [-0.15, -0.1) is 0 Å². The molecular formula is C16H20N4O. The molecule has 2 aromatic rings. The number of anilines is 1. The number of aromatic nitrogens is 1. The monoisotopic (exact) mass is 284 g/mol. The summed E-state index contributed by atoms with van der Waals surface area (Å²) in [5, 5.41) is 4.37. The SMILES string of the molecule is CCN(c1c(C(N)=O)cnc2ccccc12)C1CCNC1. The molecule has 5 nitrogen and oxygen atoms in total. The maximum absolute atomic E-state index is 11.8. The number of nitrogens with zero attached hydrogens (tertiary/aromatic N) is 2. The first kappa shape index (κ1) is 13.8. The Bertz CT molecular complexity index is 664. The average Bonchev–Trinajstić information content (AvgIpc) is 3.02. The molecule has 0 bridgehead atoms. The number of benzene rings is 1. The van der Waals surface area contributed by atoms with Gasteiger partial charge in [0.05, 0.1) is 16.8 Å². The van der Waals surface area contributed by atoms with E-state index < -0.39 is 5.91 Å². The van der Waals surface area contributed by atoms with Gasteiger partial charge in [0.2, 0.25) is 0 Å². The smallest absolute Gasteiger partial charge is 0.252 e. The summed E-state index contributed by atoms with van der Waals surface area (Å²) >= 11 is 0. The molecule has 1 saturated heterocycles. The van der Waals surface area contributed by atoms with Gasteiger partial charge in [0.25, 0.3) is 5.91 Å². The van der Waals surface area contributed by atoms with Crippen LogP contribution >= 0.6 is 0 Å². The van der Waals surface area contributed by atoms with Crippen molar-refractivity contribution < 1.29 is 4.79 Å². The van der Waals surface area contributed by atoms with Crippen LogP contribution in [0.3, 0.4) is 0 Å². The molecular weight excluding hydrogens is 264 g/mol. The van der Waals surface area contributed by atoms with Crippen molar-refractivity contribution in [1.29, 1.82) is 0 Å². The molecule has 21 heavy (non-hydrogen) atoms. The molecule has 0 radical (unpaired) electrons. The normalized spacial score (nSPS) is 18.0. The van der Waals surface area contributed by atoms with Crippen LogP contribution < -0.4 is 16.0 Å². The second kappa shape index (κ2) is 5.69. The van der Waals surface area contributed by atoms with Crippen molar-refractivity contribution in [3.05, 3.63) is 36.0 Å². The number of pyridine rings is 1. The molecule has 0 saturated carbocycles. The first-order chi connectivity index (χ1) is 10.2. The highest BCUT2D eigenvalue weighted by Crippen LogP contribution is 2.31. The van der Waals surface area contributed by atoms with Crippen LogP contribution in [0.2, 0.25) is 0 Å². The molecule has 1 aliphatic rings. The fraction of sp³-hybridized carbons (Fsp3) is 0.375. The molecule has 0 aliphatic carbocycles. The quantitative estimate of drug-likeness (QED) is 0.893. The predicted octanol–water partition coefficient (Wildman–Crippen LogP) is 1.52. The highest BCUT2D eigenvalue weighted by molar-refractivity contribution is 6.06. The van der Waals surface area contributed by atoms with Crippen LogP contribution in [0.4, 0.5) is 5.69 Å². The molecule has 0 spiro atoms. The molecule has 3 N–H and O–H groups in total. The summed E-state index contributed by atoms with van der Waals surface area (Å²) in [4.78, 5) is 18.5. The first-order valence-corrected chi connectivity index (χ1v) is 7.37. The van der Waals surface area contributed by atoms with E-state index in [2.05, 4.69) is 22.1 Å². The van der Waals surface area contributed by atoms with Gasteiger partial charge in [-0.25, -0.2) is 0 Å². The van der Waals surface area contributed by atoms with Crippen molar-refractivity contribution in [1.82, 2.24) is 10.3 Å². The lowest BCUT2D eigenvalue weighted by atomic mass is 10.1. The Morgan fingerprint density at radius 1 is 1.48 bits per heavy atom. The van der Waals surface area contributed by atoms with Crippen molar-refractivity contribution in [2.45, 2.75) is 19.4 Å². The predicted molar refractivity (Wildman–Crippen MR) is 84.6 cm³/mol. The summed E-state index contributed by atoms with van der Waals surface area (Å²) in [6.07, 6.45) is 2.67. The van der Waals surface area contributed by atoms with Gasteiger partial charge in [-0.1, -0.05) is 18.2 Å². The second-order valence-corrected chi connectivity index (χ2v) is 5.33. The third kappa shape index (κ3) is 2.45. The van der Waals surface area contributed by atoms with Crippen LogP contribution in [0, 0.1) is 0 Å². The third-order valence-electron chi connectivity index (χ3n) is 4.12. The first-order valence-electron chi connectivity index (χ1n) is 7.37. The van der Waals surface area contributed by atoms with Crippen LogP contribution in [0.5, 0.6) is 0 Å². The summed E-state index contributed by atoms with van der Waals surface area (Å²) in [7, 11) is 0. The van der Waals surface area contributed by atoms with Crippen LogP contribution in [0.1, 0.15) is 23.7 Å². The van der Waals surface area contributed by atoms with Crippen molar-refractivity contribution in [3.8, 4) is 0 Å². The molecule has 2 heterocycles. The van der Waals surface area contributed by atoms with Gasteiger partial charge >= 0.3 is 0 Å². The van der Waals surface area contributed by atoms with E-state index in [9.17, 15) is 4.79 Å². The Morgan fingerprint density at radius 3 is 2.95 bits per heavy atom. The number of nitrogens with two attached hydrogens (primary N) is 1. The number of carbonyl (C=O) groups is 1. The van der Waals surface area contributed by atoms with Crippen molar-refractivity contribution in [3.63, 3.8) is 0 Å². The van der Waals surface area contributed by atoms with E-state index in [4.69, 9.17) is 5.73 Å². The minimum absolute atomic E-state index is 0.388. The molecule has 110 valence electrons. The van der Waals surface area contributed by atoms with Crippen LogP contribution in [0.15, 0.2) is 30.5 Å². The van der Waals surface area contributed by atoms with Gasteiger partial charge in [0, 0.05) is 30.7 Å². The standard InChI is InChI=1S/C16H20N4O/c1-2-20(11-7-8-18-9-11)15-12-5-3-4-6-14(12)19-10-13(15)16(17)21/h3-6,10-11,18H,2,7-9H2,1H3,(H2,17,21). The lowest BCUT2D eigenvalue weighted by molar-refractivity contribution is 0.100. The fourth-order valence-corrected chi connectivity index (χ4v) is 3.12. The lowest BCUT2D eigenvalue weighted by Crippen LogP contribution is -2.38. The number of hydrogen-bond acceptors (Lipinski definition) is 4. The Morgan fingerprint density at radius 2 is 2.29 bits per heavy atom.